The Morgan fingerprint density at radius 2 is 1.92 bits per heavy atom. The summed E-state index contributed by atoms with van der Waals surface area (Å²) in [5, 5.41) is 12.4. The molecule has 0 aliphatic heterocycles. The van der Waals surface area contributed by atoms with Crippen molar-refractivity contribution in [3.05, 3.63) is 0 Å². The van der Waals surface area contributed by atoms with Crippen molar-refractivity contribution in [1.82, 2.24) is 10.6 Å². The van der Waals surface area contributed by atoms with E-state index in [4.69, 9.17) is 5.41 Å². The first kappa shape index (κ1) is 11.3. The highest BCUT2D eigenvalue weighted by Gasteiger charge is 2.13. The predicted molar refractivity (Wildman–Crippen MR) is 52.7 cm³/mol. The van der Waals surface area contributed by atoms with E-state index in [-0.39, 0.29) is 16.7 Å². The summed E-state index contributed by atoms with van der Waals surface area (Å²) < 4.78 is 0. The average molecular weight is 189 g/mol. The number of amidine groups is 1. The van der Waals surface area contributed by atoms with E-state index in [1.807, 2.05) is 20.8 Å². The Balaban J connectivity index is 3.83. The minimum Gasteiger partial charge on any atom is -0.333 e. The Morgan fingerprint density at radius 3 is 2.25 bits per heavy atom. The van der Waals surface area contributed by atoms with Crippen LogP contribution in [0.3, 0.4) is 0 Å². The largest absolute Gasteiger partial charge is 0.333 e. The van der Waals surface area contributed by atoms with E-state index in [1.54, 1.807) is 6.26 Å². The van der Waals surface area contributed by atoms with Gasteiger partial charge >= 0.3 is 6.03 Å². The zero-order valence-corrected chi connectivity index (χ0v) is 8.63. The molecule has 0 saturated carbocycles. The molecule has 0 bridgehead atoms. The molecule has 0 heterocycles. The first-order valence-electron chi connectivity index (χ1n) is 3.57. The maximum atomic E-state index is 11.1. The van der Waals surface area contributed by atoms with Crippen LogP contribution in [0.25, 0.3) is 0 Å². The van der Waals surface area contributed by atoms with Gasteiger partial charge in [-0.2, -0.15) is 0 Å². The van der Waals surface area contributed by atoms with Gasteiger partial charge in [0.05, 0.1) is 0 Å². The van der Waals surface area contributed by atoms with Gasteiger partial charge in [0.1, 0.15) is 0 Å². The second-order valence-corrected chi connectivity index (χ2v) is 4.18. The standard InChI is InChI=1S/C7H15N3OS/c1-7(2,3)10-6(11)9-5(8)12-4/h1-4H3,(H3,8,9,10,11). The molecule has 0 spiro atoms. The summed E-state index contributed by atoms with van der Waals surface area (Å²) >= 11 is 1.19. The van der Waals surface area contributed by atoms with Crippen molar-refractivity contribution in [3.8, 4) is 0 Å². The van der Waals surface area contributed by atoms with Crippen LogP contribution in [0.5, 0.6) is 0 Å². The molecular weight excluding hydrogens is 174 g/mol. The molecular formula is C7H15N3OS. The first-order chi connectivity index (χ1) is 5.35. The smallest absolute Gasteiger partial charge is 0.321 e. The van der Waals surface area contributed by atoms with E-state index < -0.39 is 0 Å². The highest BCUT2D eigenvalue weighted by molar-refractivity contribution is 8.13. The number of hydrogen-bond donors (Lipinski definition) is 3. The number of carbonyl (C=O) groups excluding carboxylic acids is 1. The number of hydrogen-bond acceptors (Lipinski definition) is 3. The predicted octanol–water partition coefficient (Wildman–Crippen LogP) is 1.38. The molecule has 0 aromatic carbocycles. The van der Waals surface area contributed by atoms with Gasteiger partial charge in [0, 0.05) is 5.54 Å². The fourth-order valence-electron chi connectivity index (χ4n) is 0.526. The van der Waals surface area contributed by atoms with Gasteiger partial charge in [-0.1, -0.05) is 11.8 Å². The zero-order valence-electron chi connectivity index (χ0n) is 7.82. The van der Waals surface area contributed by atoms with Crippen LogP contribution in [0.15, 0.2) is 0 Å². The van der Waals surface area contributed by atoms with Crippen LogP contribution in [0.2, 0.25) is 0 Å². The molecule has 5 heteroatoms. The third kappa shape index (κ3) is 6.03. The van der Waals surface area contributed by atoms with Crippen LogP contribution >= 0.6 is 11.8 Å². The molecule has 0 atom stereocenters. The van der Waals surface area contributed by atoms with Gasteiger partial charge in [-0.15, -0.1) is 0 Å². The van der Waals surface area contributed by atoms with Crippen molar-refractivity contribution >= 4 is 23.0 Å². The van der Waals surface area contributed by atoms with Crippen LogP contribution in [0, 0.1) is 5.41 Å². The van der Waals surface area contributed by atoms with E-state index in [1.165, 1.54) is 11.8 Å². The summed E-state index contributed by atoms with van der Waals surface area (Å²) in [4.78, 5) is 11.1. The quantitative estimate of drug-likeness (QED) is 0.398. The molecule has 0 fully saturated rings. The van der Waals surface area contributed by atoms with Gasteiger partial charge in [-0.05, 0) is 27.0 Å². The van der Waals surface area contributed by atoms with Crippen molar-refractivity contribution in [2.24, 2.45) is 0 Å². The Hall–Kier alpha value is -0.710. The van der Waals surface area contributed by atoms with Gasteiger partial charge < -0.3 is 5.32 Å². The molecule has 0 unspecified atom stereocenters. The fourth-order valence-corrected chi connectivity index (χ4v) is 0.721. The Kier molecular flexibility index (Phi) is 4.09. The number of rotatable bonds is 0. The molecule has 0 rings (SSSR count). The summed E-state index contributed by atoms with van der Waals surface area (Å²) in [6.45, 7) is 5.65. The van der Waals surface area contributed by atoms with Crippen molar-refractivity contribution in [3.63, 3.8) is 0 Å². The summed E-state index contributed by atoms with van der Waals surface area (Å²) in [5.74, 6) is 0. The lowest BCUT2D eigenvalue weighted by Gasteiger charge is -2.20. The third-order valence-electron chi connectivity index (χ3n) is 0.920. The van der Waals surface area contributed by atoms with E-state index in [9.17, 15) is 4.79 Å². The lowest BCUT2D eigenvalue weighted by atomic mass is 10.1. The minimum absolute atomic E-state index is 0.150. The molecule has 0 saturated heterocycles. The van der Waals surface area contributed by atoms with Gasteiger partial charge in [0.25, 0.3) is 0 Å². The van der Waals surface area contributed by atoms with Crippen LogP contribution in [0.1, 0.15) is 20.8 Å². The molecule has 70 valence electrons. The number of carbonyl (C=O) groups is 1. The van der Waals surface area contributed by atoms with Crippen LogP contribution in [-0.2, 0) is 0 Å². The zero-order chi connectivity index (χ0) is 9.78. The van der Waals surface area contributed by atoms with E-state index >= 15 is 0 Å². The van der Waals surface area contributed by atoms with E-state index in [0.717, 1.165) is 0 Å². The lowest BCUT2D eigenvalue weighted by Crippen LogP contribution is -2.47. The monoisotopic (exact) mass is 189 g/mol. The van der Waals surface area contributed by atoms with Crippen molar-refractivity contribution in [2.75, 3.05) is 6.26 Å². The van der Waals surface area contributed by atoms with Crippen molar-refractivity contribution in [2.45, 2.75) is 26.3 Å². The average Bonchev–Trinajstić information content (AvgIpc) is 1.82. The molecule has 0 radical (unpaired) electrons. The fraction of sp³-hybridized carbons (Fsp3) is 0.714. The van der Waals surface area contributed by atoms with Crippen molar-refractivity contribution < 1.29 is 4.79 Å². The van der Waals surface area contributed by atoms with Gasteiger partial charge in [0.2, 0.25) is 0 Å². The van der Waals surface area contributed by atoms with Crippen LogP contribution < -0.4 is 10.6 Å². The highest BCUT2D eigenvalue weighted by Crippen LogP contribution is 1.98. The number of amides is 2. The minimum atomic E-state index is -0.332. The molecule has 4 nitrogen and oxygen atoms in total. The molecule has 0 aromatic heterocycles. The van der Waals surface area contributed by atoms with Crippen LogP contribution in [0.4, 0.5) is 4.79 Å². The molecule has 12 heavy (non-hydrogen) atoms. The SMILES string of the molecule is CSC(=N)NC(=O)NC(C)(C)C. The maximum Gasteiger partial charge on any atom is 0.321 e. The van der Waals surface area contributed by atoms with Gasteiger partial charge in [-0.25, -0.2) is 4.79 Å². The molecule has 0 aliphatic carbocycles. The van der Waals surface area contributed by atoms with E-state index in [0.29, 0.717) is 0 Å². The summed E-state index contributed by atoms with van der Waals surface area (Å²) in [7, 11) is 0. The summed E-state index contributed by atoms with van der Waals surface area (Å²) in [6.07, 6.45) is 1.74. The number of thioether (sulfide) groups is 1. The Morgan fingerprint density at radius 1 is 1.42 bits per heavy atom. The van der Waals surface area contributed by atoms with Gasteiger partial charge in [0.15, 0.2) is 5.17 Å². The molecule has 0 aliphatic rings. The third-order valence-corrected chi connectivity index (χ3v) is 1.43. The summed E-state index contributed by atoms with van der Waals surface area (Å²) in [6, 6.07) is -0.332. The lowest BCUT2D eigenvalue weighted by molar-refractivity contribution is 0.237. The first-order valence-corrected chi connectivity index (χ1v) is 4.79. The Bertz CT molecular complexity index is 186. The van der Waals surface area contributed by atoms with Crippen LogP contribution in [-0.4, -0.2) is 23.0 Å². The molecule has 3 N–H and O–H groups in total. The normalized spacial score (nSPS) is 10.7. The molecule has 0 aromatic rings. The number of urea groups is 1. The maximum absolute atomic E-state index is 11.1. The van der Waals surface area contributed by atoms with Crippen molar-refractivity contribution in [1.29, 1.82) is 5.41 Å². The summed E-state index contributed by atoms with van der Waals surface area (Å²) in [5.41, 5.74) is -0.261. The van der Waals surface area contributed by atoms with Gasteiger partial charge in [-0.3, -0.25) is 10.7 Å². The van der Waals surface area contributed by atoms with E-state index in [2.05, 4.69) is 10.6 Å². The second kappa shape index (κ2) is 4.35. The second-order valence-electron chi connectivity index (χ2n) is 3.36. The number of nitrogens with one attached hydrogen (secondary N) is 3. The highest BCUT2D eigenvalue weighted by atomic mass is 32.2. The molecule has 2 amide bonds. The Labute approximate surface area is 77.0 Å². The topological polar surface area (TPSA) is 65.0 Å².